The first-order valence-corrected chi connectivity index (χ1v) is 6.44. The second kappa shape index (κ2) is 6.51. The summed E-state index contributed by atoms with van der Waals surface area (Å²) >= 11 is 1.53. The molecule has 0 aliphatic carbocycles. The molecule has 2 N–H and O–H groups in total. The van der Waals surface area contributed by atoms with Crippen LogP contribution in [0.4, 0.5) is 0 Å². The van der Waals surface area contributed by atoms with Crippen molar-refractivity contribution in [3.05, 3.63) is 21.4 Å². The van der Waals surface area contributed by atoms with E-state index in [2.05, 4.69) is 5.32 Å². The minimum Gasteiger partial charge on any atom is -0.464 e. The van der Waals surface area contributed by atoms with E-state index in [1.807, 2.05) is 19.9 Å². The van der Waals surface area contributed by atoms with E-state index in [4.69, 9.17) is 4.74 Å². The fraction of sp³-hybridized carbons (Fsp3) is 0.500. The molecule has 1 heterocycles. The minimum atomic E-state index is -1.10. The molecule has 0 aromatic carbocycles. The van der Waals surface area contributed by atoms with Crippen molar-refractivity contribution in [3.63, 3.8) is 0 Å². The van der Waals surface area contributed by atoms with E-state index in [-0.39, 0.29) is 6.61 Å². The standard InChI is InChI=1S/C12H17NO4S/c1-4-17-12(16)10(13-6-14)11(15)9-5-7(2)18-8(9)3/h5-6,10-11,15H,4H2,1-3H3,(H,13,14). The molecule has 6 heteroatoms. The van der Waals surface area contributed by atoms with Gasteiger partial charge in [-0.1, -0.05) is 0 Å². The highest BCUT2D eigenvalue weighted by Crippen LogP contribution is 2.28. The van der Waals surface area contributed by atoms with Crippen molar-refractivity contribution in [3.8, 4) is 0 Å². The third-order valence-electron chi connectivity index (χ3n) is 2.50. The van der Waals surface area contributed by atoms with Crippen LogP contribution >= 0.6 is 11.3 Å². The van der Waals surface area contributed by atoms with Gasteiger partial charge in [-0.05, 0) is 32.4 Å². The number of ether oxygens (including phenoxy) is 1. The van der Waals surface area contributed by atoms with Crippen molar-refractivity contribution in [2.45, 2.75) is 32.9 Å². The number of carbonyl (C=O) groups is 2. The van der Waals surface area contributed by atoms with Gasteiger partial charge in [0.25, 0.3) is 0 Å². The van der Waals surface area contributed by atoms with E-state index in [0.717, 1.165) is 9.75 Å². The van der Waals surface area contributed by atoms with Crippen LogP contribution in [0.2, 0.25) is 0 Å². The predicted molar refractivity (Wildman–Crippen MR) is 68.4 cm³/mol. The lowest BCUT2D eigenvalue weighted by atomic mass is 10.0. The maximum Gasteiger partial charge on any atom is 0.331 e. The predicted octanol–water partition coefficient (Wildman–Crippen LogP) is 1.08. The number of thiophene rings is 1. The Hall–Kier alpha value is -1.40. The van der Waals surface area contributed by atoms with E-state index in [9.17, 15) is 14.7 Å². The Balaban J connectivity index is 2.94. The lowest BCUT2D eigenvalue weighted by molar-refractivity contribution is -0.149. The first kappa shape index (κ1) is 14.7. The molecule has 0 radical (unpaired) electrons. The van der Waals surface area contributed by atoms with Crippen LogP contribution in [-0.2, 0) is 14.3 Å². The second-order valence-electron chi connectivity index (χ2n) is 3.83. The molecule has 1 rings (SSSR count). The largest absolute Gasteiger partial charge is 0.464 e. The Bertz CT molecular complexity index is 430. The molecule has 1 aromatic heterocycles. The number of esters is 1. The molecule has 0 spiro atoms. The maximum atomic E-state index is 11.7. The van der Waals surface area contributed by atoms with Crippen LogP contribution in [0.25, 0.3) is 0 Å². The summed E-state index contributed by atoms with van der Waals surface area (Å²) in [5.41, 5.74) is 0.643. The Labute approximate surface area is 110 Å². The average Bonchev–Trinajstić information content (AvgIpc) is 2.65. The van der Waals surface area contributed by atoms with Crippen LogP contribution in [0, 0.1) is 13.8 Å². The summed E-state index contributed by atoms with van der Waals surface area (Å²) < 4.78 is 4.83. The SMILES string of the molecule is CCOC(=O)C(NC=O)C(O)c1cc(C)sc1C. The van der Waals surface area contributed by atoms with Gasteiger partial charge in [0.15, 0.2) is 6.04 Å². The van der Waals surface area contributed by atoms with Gasteiger partial charge in [0, 0.05) is 9.75 Å². The summed E-state index contributed by atoms with van der Waals surface area (Å²) in [6, 6.07) is 0.735. The van der Waals surface area contributed by atoms with Crippen molar-refractivity contribution >= 4 is 23.7 Å². The molecule has 0 saturated carbocycles. The van der Waals surface area contributed by atoms with Gasteiger partial charge in [-0.3, -0.25) is 4.79 Å². The quantitative estimate of drug-likeness (QED) is 0.599. The summed E-state index contributed by atoms with van der Waals surface area (Å²) in [7, 11) is 0. The molecule has 2 atom stereocenters. The zero-order valence-electron chi connectivity index (χ0n) is 10.6. The molecule has 5 nitrogen and oxygen atoms in total. The summed E-state index contributed by atoms with van der Waals surface area (Å²) in [5.74, 6) is -0.639. The molecular weight excluding hydrogens is 254 g/mol. The maximum absolute atomic E-state index is 11.7. The van der Waals surface area contributed by atoms with Crippen molar-refractivity contribution in [2.24, 2.45) is 0 Å². The summed E-state index contributed by atoms with van der Waals surface area (Å²) in [6.07, 6.45) is -0.710. The van der Waals surface area contributed by atoms with Crippen molar-refractivity contribution in [1.82, 2.24) is 5.32 Å². The number of aliphatic hydroxyl groups is 1. The number of hydrogen-bond donors (Lipinski definition) is 2. The van der Waals surface area contributed by atoms with Crippen molar-refractivity contribution < 1.29 is 19.4 Å². The molecule has 100 valence electrons. The van der Waals surface area contributed by atoms with Gasteiger partial charge >= 0.3 is 5.97 Å². The first-order chi connectivity index (χ1) is 8.51. The molecule has 2 unspecified atom stereocenters. The summed E-state index contributed by atoms with van der Waals surface area (Å²) in [4.78, 5) is 24.1. The third-order valence-corrected chi connectivity index (χ3v) is 3.48. The molecule has 0 fully saturated rings. The molecule has 0 bridgehead atoms. The lowest BCUT2D eigenvalue weighted by Crippen LogP contribution is -2.42. The number of aryl methyl sites for hydroxylation is 2. The highest BCUT2D eigenvalue weighted by Gasteiger charge is 2.30. The highest BCUT2D eigenvalue weighted by molar-refractivity contribution is 7.12. The van der Waals surface area contributed by atoms with Gasteiger partial charge < -0.3 is 15.2 Å². The number of rotatable bonds is 6. The number of nitrogens with one attached hydrogen (secondary N) is 1. The average molecular weight is 271 g/mol. The van der Waals surface area contributed by atoms with Crippen LogP contribution in [0.1, 0.15) is 28.3 Å². The van der Waals surface area contributed by atoms with E-state index in [0.29, 0.717) is 12.0 Å². The van der Waals surface area contributed by atoms with Gasteiger partial charge in [-0.15, -0.1) is 11.3 Å². The molecule has 0 aliphatic heterocycles. The van der Waals surface area contributed by atoms with E-state index < -0.39 is 18.1 Å². The van der Waals surface area contributed by atoms with E-state index in [1.54, 1.807) is 6.92 Å². The molecule has 0 saturated heterocycles. The third kappa shape index (κ3) is 3.30. The fourth-order valence-corrected chi connectivity index (χ4v) is 2.68. The van der Waals surface area contributed by atoms with Crippen molar-refractivity contribution in [1.29, 1.82) is 0 Å². The second-order valence-corrected chi connectivity index (χ2v) is 5.29. The van der Waals surface area contributed by atoms with Crippen molar-refractivity contribution in [2.75, 3.05) is 6.61 Å². The monoisotopic (exact) mass is 271 g/mol. The van der Waals surface area contributed by atoms with Gasteiger partial charge in [0.2, 0.25) is 6.41 Å². The van der Waals surface area contributed by atoms with Crippen LogP contribution in [0.15, 0.2) is 6.07 Å². The van der Waals surface area contributed by atoms with Crippen LogP contribution in [0.5, 0.6) is 0 Å². The Kier molecular flexibility index (Phi) is 5.30. The molecule has 0 aliphatic rings. The van der Waals surface area contributed by atoms with Gasteiger partial charge in [-0.25, -0.2) is 4.79 Å². The molecule has 1 amide bonds. The summed E-state index contributed by atoms with van der Waals surface area (Å²) in [6.45, 7) is 5.65. The first-order valence-electron chi connectivity index (χ1n) is 5.62. The molecule has 1 aromatic rings. The number of amides is 1. The summed E-state index contributed by atoms with van der Waals surface area (Å²) in [5, 5.41) is 12.5. The van der Waals surface area contributed by atoms with Gasteiger partial charge in [-0.2, -0.15) is 0 Å². The fourth-order valence-electron chi connectivity index (χ4n) is 1.72. The molecular formula is C12H17NO4S. The molecule has 18 heavy (non-hydrogen) atoms. The number of carbonyl (C=O) groups excluding carboxylic acids is 2. The van der Waals surface area contributed by atoms with E-state index in [1.165, 1.54) is 11.3 Å². The smallest absolute Gasteiger partial charge is 0.331 e. The van der Waals surface area contributed by atoms with Crippen LogP contribution in [-0.4, -0.2) is 30.1 Å². The zero-order chi connectivity index (χ0) is 13.7. The van der Waals surface area contributed by atoms with E-state index >= 15 is 0 Å². The zero-order valence-corrected chi connectivity index (χ0v) is 11.4. The Morgan fingerprint density at radius 3 is 2.72 bits per heavy atom. The van der Waals surface area contributed by atoms with Crippen LogP contribution < -0.4 is 5.32 Å². The normalized spacial score (nSPS) is 13.8. The number of aliphatic hydroxyl groups excluding tert-OH is 1. The van der Waals surface area contributed by atoms with Gasteiger partial charge in [0.05, 0.1) is 6.61 Å². The minimum absolute atomic E-state index is 0.199. The lowest BCUT2D eigenvalue weighted by Gasteiger charge is -2.20. The number of hydrogen-bond acceptors (Lipinski definition) is 5. The Morgan fingerprint density at radius 2 is 2.28 bits per heavy atom. The van der Waals surface area contributed by atoms with Gasteiger partial charge in [0.1, 0.15) is 6.10 Å². The topological polar surface area (TPSA) is 75.6 Å². The highest BCUT2D eigenvalue weighted by atomic mass is 32.1. The Morgan fingerprint density at radius 1 is 1.61 bits per heavy atom. The van der Waals surface area contributed by atoms with Crippen LogP contribution in [0.3, 0.4) is 0 Å².